The molecule has 1 atom stereocenters. The van der Waals surface area contributed by atoms with E-state index in [1.807, 2.05) is 0 Å². The molecule has 1 aliphatic heterocycles. The van der Waals surface area contributed by atoms with E-state index < -0.39 is 11.5 Å². The highest BCUT2D eigenvalue weighted by Gasteiger charge is 2.36. The summed E-state index contributed by atoms with van der Waals surface area (Å²) in [5.41, 5.74) is 6.66. The first-order valence-electron chi connectivity index (χ1n) is 7.50. The van der Waals surface area contributed by atoms with E-state index in [0.717, 1.165) is 0 Å². The van der Waals surface area contributed by atoms with Gasteiger partial charge in [-0.05, 0) is 26.0 Å². The van der Waals surface area contributed by atoms with Crippen molar-refractivity contribution in [2.24, 2.45) is 5.73 Å². The number of carbonyl (C=O) groups excluding carboxylic acids is 1. The van der Waals surface area contributed by atoms with Crippen LogP contribution in [0.2, 0.25) is 10.0 Å². The van der Waals surface area contributed by atoms with E-state index in [2.05, 4.69) is 10.4 Å². The zero-order valence-corrected chi connectivity index (χ0v) is 14.8. The van der Waals surface area contributed by atoms with E-state index in [-0.39, 0.29) is 6.04 Å². The van der Waals surface area contributed by atoms with Crippen molar-refractivity contribution in [2.45, 2.75) is 32.0 Å². The number of aliphatic hydroxyl groups is 1. The fourth-order valence-corrected chi connectivity index (χ4v) is 3.26. The van der Waals surface area contributed by atoms with Crippen LogP contribution < -0.4 is 11.1 Å². The van der Waals surface area contributed by atoms with E-state index >= 15 is 0 Å². The van der Waals surface area contributed by atoms with E-state index in [1.165, 1.54) is 0 Å². The van der Waals surface area contributed by atoms with Gasteiger partial charge in [0, 0.05) is 18.7 Å². The molecule has 0 fully saturated rings. The summed E-state index contributed by atoms with van der Waals surface area (Å²) < 4.78 is 1.69. The van der Waals surface area contributed by atoms with Crippen molar-refractivity contribution in [3.05, 3.63) is 39.5 Å². The van der Waals surface area contributed by atoms with E-state index in [1.54, 1.807) is 36.7 Å². The van der Waals surface area contributed by atoms with E-state index in [0.29, 0.717) is 45.6 Å². The molecule has 8 heteroatoms. The molecule has 4 N–H and O–H groups in total. The number of carbonyl (C=O) groups is 1. The number of nitrogens with zero attached hydrogens (tertiary/aromatic N) is 2. The Labute approximate surface area is 149 Å². The molecule has 1 aromatic carbocycles. The fourth-order valence-electron chi connectivity index (χ4n) is 2.96. The van der Waals surface area contributed by atoms with Gasteiger partial charge in [-0.25, -0.2) is 0 Å². The molecule has 0 saturated carbocycles. The summed E-state index contributed by atoms with van der Waals surface area (Å²) in [6.07, 6.45) is 0. The van der Waals surface area contributed by atoms with Crippen molar-refractivity contribution in [1.82, 2.24) is 15.1 Å². The predicted octanol–water partition coefficient (Wildman–Crippen LogP) is 2.37. The standard InChI is InChI=1S/C16H18Cl2N4O2/c1-16(2,24)12-7-20-6-11-13(15(19)23)14(21-22(11)12)8-3-4-9(17)10(18)5-8/h3-5,12,20,24H,6-7H2,1-2H3,(H2,19,23). The second-order valence-corrected chi connectivity index (χ2v) is 7.22. The number of halogens is 2. The number of nitrogens with two attached hydrogens (primary N) is 1. The van der Waals surface area contributed by atoms with Crippen LogP contribution in [0.4, 0.5) is 0 Å². The molecule has 0 bridgehead atoms. The van der Waals surface area contributed by atoms with Crippen LogP contribution in [0, 0.1) is 0 Å². The maximum atomic E-state index is 12.1. The van der Waals surface area contributed by atoms with Gasteiger partial charge in [0.2, 0.25) is 0 Å². The maximum Gasteiger partial charge on any atom is 0.252 e. The molecule has 0 aliphatic carbocycles. The molecule has 128 valence electrons. The van der Waals surface area contributed by atoms with Crippen molar-refractivity contribution in [2.75, 3.05) is 6.54 Å². The molecule has 1 aromatic heterocycles. The number of hydrogen-bond donors (Lipinski definition) is 3. The van der Waals surface area contributed by atoms with Gasteiger partial charge in [0.1, 0.15) is 5.69 Å². The van der Waals surface area contributed by atoms with Gasteiger partial charge < -0.3 is 16.2 Å². The van der Waals surface area contributed by atoms with Crippen LogP contribution in [0.1, 0.15) is 35.9 Å². The summed E-state index contributed by atoms with van der Waals surface area (Å²) in [5, 5.41) is 19.0. The zero-order valence-electron chi connectivity index (χ0n) is 13.3. The number of fused-ring (bicyclic) bond motifs is 1. The number of rotatable bonds is 3. The zero-order chi connectivity index (χ0) is 17.6. The van der Waals surface area contributed by atoms with Crippen LogP contribution in [0.15, 0.2) is 18.2 Å². The summed E-state index contributed by atoms with van der Waals surface area (Å²) in [5.74, 6) is -0.574. The molecule has 0 radical (unpaired) electrons. The van der Waals surface area contributed by atoms with Gasteiger partial charge in [0.05, 0.1) is 32.9 Å². The molecule has 2 aromatic rings. The molecule has 1 unspecified atom stereocenters. The minimum atomic E-state index is -1.02. The summed E-state index contributed by atoms with van der Waals surface area (Å²) in [6, 6.07) is 4.71. The SMILES string of the molecule is CC(C)(O)C1CNCc2c(C(N)=O)c(-c3ccc(Cl)c(Cl)c3)nn21. The predicted molar refractivity (Wildman–Crippen MR) is 93.2 cm³/mol. The first-order valence-corrected chi connectivity index (χ1v) is 8.25. The van der Waals surface area contributed by atoms with Crippen LogP contribution in [-0.4, -0.2) is 32.9 Å². The van der Waals surface area contributed by atoms with Crippen LogP contribution in [0.5, 0.6) is 0 Å². The molecule has 0 saturated heterocycles. The van der Waals surface area contributed by atoms with Crippen LogP contribution in [0.25, 0.3) is 11.3 Å². The number of nitrogens with one attached hydrogen (secondary N) is 1. The lowest BCUT2D eigenvalue weighted by atomic mass is 9.96. The normalized spacial score (nSPS) is 17.6. The minimum absolute atomic E-state index is 0.323. The molecule has 24 heavy (non-hydrogen) atoms. The Bertz CT molecular complexity index is 811. The van der Waals surface area contributed by atoms with Gasteiger partial charge in [-0.3, -0.25) is 9.48 Å². The third kappa shape index (κ3) is 2.91. The fraction of sp³-hybridized carbons (Fsp3) is 0.375. The molecule has 0 spiro atoms. The molecule has 6 nitrogen and oxygen atoms in total. The van der Waals surface area contributed by atoms with E-state index in [4.69, 9.17) is 28.9 Å². The molecule has 2 heterocycles. The van der Waals surface area contributed by atoms with Gasteiger partial charge in [0.25, 0.3) is 5.91 Å². The van der Waals surface area contributed by atoms with Crippen molar-refractivity contribution in [1.29, 1.82) is 0 Å². The maximum absolute atomic E-state index is 12.1. The average Bonchev–Trinajstić information content (AvgIpc) is 2.88. The number of hydrogen-bond acceptors (Lipinski definition) is 4. The van der Waals surface area contributed by atoms with Gasteiger partial charge in [-0.2, -0.15) is 5.10 Å². The number of benzene rings is 1. The van der Waals surface area contributed by atoms with Gasteiger partial charge in [-0.15, -0.1) is 0 Å². The first-order chi connectivity index (χ1) is 11.2. The van der Waals surface area contributed by atoms with Crippen LogP contribution in [0.3, 0.4) is 0 Å². The summed E-state index contributed by atoms with van der Waals surface area (Å²) in [4.78, 5) is 12.1. The smallest absolute Gasteiger partial charge is 0.252 e. The second-order valence-electron chi connectivity index (χ2n) is 6.41. The van der Waals surface area contributed by atoms with Crippen LogP contribution in [-0.2, 0) is 6.54 Å². The number of amides is 1. The van der Waals surface area contributed by atoms with E-state index in [9.17, 15) is 9.90 Å². The Balaban J connectivity index is 2.22. The summed E-state index contributed by atoms with van der Waals surface area (Å²) >= 11 is 12.1. The van der Waals surface area contributed by atoms with Crippen LogP contribution >= 0.6 is 23.2 Å². The molecule has 3 rings (SSSR count). The lowest BCUT2D eigenvalue weighted by Gasteiger charge is -2.34. The van der Waals surface area contributed by atoms with Crippen molar-refractivity contribution in [3.63, 3.8) is 0 Å². The lowest BCUT2D eigenvalue weighted by molar-refractivity contribution is 0.0121. The topological polar surface area (TPSA) is 93.2 Å². The quantitative estimate of drug-likeness (QED) is 0.775. The summed E-state index contributed by atoms with van der Waals surface area (Å²) in [7, 11) is 0. The molecule has 1 amide bonds. The monoisotopic (exact) mass is 368 g/mol. The highest BCUT2D eigenvalue weighted by molar-refractivity contribution is 6.42. The molecular weight excluding hydrogens is 351 g/mol. The first kappa shape index (κ1) is 17.2. The second kappa shape index (κ2) is 6.04. The van der Waals surface area contributed by atoms with Gasteiger partial charge >= 0.3 is 0 Å². The highest BCUT2D eigenvalue weighted by Crippen LogP contribution is 2.35. The molecular formula is C16H18Cl2N4O2. The summed E-state index contributed by atoms with van der Waals surface area (Å²) in [6.45, 7) is 4.40. The van der Waals surface area contributed by atoms with Crippen molar-refractivity contribution < 1.29 is 9.90 Å². The molecule has 1 aliphatic rings. The van der Waals surface area contributed by atoms with Gasteiger partial charge in [0.15, 0.2) is 0 Å². The number of aromatic nitrogens is 2. The largest absolute Gasteiger partial charge is 0.388 e. The Hall–Kier alpha value is -1.60. The Morgan fingerprint density at radius 2 is 2.12 bits per heavy atom. The number of primary amides is 1. The Morgan fingerprint density at radius 3 is 2.71 bits per heavy atom. The average molecular weight is 369 g/mol. The van der Waals surface area contributed by atoms with Crippen molar-refractivity contribution >= 4 is 29.1 Å². The third-order valence-electron chi connectivity index (χ3n) is 4.19. The third-order valence-corrected chi connectivity index (χ3v) is 4.93. The van der Waals surface area contributed by atoms with Crippen molar-refractivity contribution in [3.8, 4) is 11.3 Å². The van der Waals surface area contributed by atoms with Gasteiger partial charge in [-0.1, -0.05) is 29.3 Å². The minimum Gasteiger partial charge on any atom is -0.388 e. The lowest BCUT2D eigenvalue weighted by Crippen LogP contribution is -2.45. The highest BCUT2D eigenvalue weighted by atomic mass is 35.5. The Morgan fingerprint density at radius 1 is 1.42 bits per heavy atom. The Kier molecular flexibility index (Phi) is 4.34.